The summed E-state index contributed by atoms with van der Waals surface area (Å²) in [6.45, 7) is 3.64. The van der Waals surface area contributed by atoms with Gasteiger partial charge in [-0.25, -0.2) is 14.0 Å². The number of piperidine rings is 1. The van der Waals surface area contributed by atoms with Crippen LogP contribution in [0.3, 0.4) is 0 Å². The van der Waals surface area contributed by atoms with Crippen LogP contribution in [0.4, 0.5) is 25.4 Å². The Balaban J connectivity index is 1.04. The van der Waals surface area contributed by atoms with Crippen LogP contribution < -0.4 is 24.6 Å². The first-order chi connectivity index (χ1) is 28.8. The number of benzene rings is 5. The Morgan fingerprint density at radius 2 is 1.51 bits per heavy atom. The third-order valence-electron chi connectivity index (χ3n) is 11.1. The molecule has 59 heavy (non-hydrogen) atoms. The minimum Gasteiger partial charge on any atom is -0.490 e. The minimum atomic E-state index is -0.608. The van der Waals surface area contributed by atoms with Gasteiger partial charge in [0.1, 0.15) is 43.2 Å². The number of halogens is 1. The van der Waals surface area contributed by atoms with Gasteiger partial charge >= 0.3 is 12.2 Å². The van der Waals surface area contributed by atoms with Crippen molar-refractivity contribution >= 4 is 23.6 Å². The summed E-state index contributed by atoms with van der Waals surface area (Å²) in [7, 11) is 2.04. The van der Waals surface area contributed by atoms with Gasteiger partial charge in [-0.15, -0.1) is 0 Å². The molecule has 3 heterocycles. The molecule has 3 aliphatic rings. The maximum absolute atomic E-state index is 13.9. The predicted octanol–water partition coefficient (Wildman–Crippen LogP) is 7.93. The lowest BCUT2D eigenvalue weighted by Crippen LogP contribution is -2.59. The molecule has 3 aliphatic heterocycles. The highest BCUT2D eigenvalue weighted by atomic mass is 19.1. The van der Waals surface area contributed by atoms with Crippen LogP contribution in [0.5, 0.6) is 11.5 Å². The van der Waals surface area contributed by atoms with E-state index in [0.29, 0.717) is 18.9 Å². The molecule has 4 atom stereocenters. The highest BCUT2D eigenvalue weighted by molar-refractivity contribution is 5.70. The largest absolute Gasteiger partial charge is 0.490 e. The van der Waals surface area contributed by atoms with Gasteiger partial charge in [0.15, 0.2) is 0 Å². The molecule has 0 spiro atoms. The molecular formula is C47H49FN4O7. The van der Waals surface area contributed by atoms with Gasteiger partial charge in [0, 0.05) is 38.2 Å². The third kappa shape index (κ3) is 10.1. The van der Waals surface area contributed by atoms with E-state index in [1.165, 1.54) is 6.07 Å². The first-order valence-electron chi connectivity index (χ1n) is 20.1. The van der Waals surface area contributed by atoms with Crippen molar-refractivity contribution in [1.82, 2.24) is 10.2 Å². The number of amides is 2. The Hall–Kier alpha value is -6.27. The van der Waals surface area contributed by atoms with Gasteiger partial charge in [0.2, 0.25) is 0 Å². The number of rotatable bonds is 12. The van der Waals surface area contributed by atoms with Crippen molar-refractivity contribution in [2.45, 2.75) is 50.4 Å². The van der Waals surface area contributed by atoms with Gasteiger partial charge in [0.05, 0.1) is 44.1 Å². The molecule has 0 aromatic heterocycles. The molecule has 1 N–H and O–H groups in total. The smallest absolute Gasteiger partial charge is 0.410 e. The van der Waals surface area contributed by atoms with E-state index in [2.05, 4.69) is 21.2 Å². The number of carbonyl (C=O) groups is 2. The van der Waals surface area contributed by atoms with E-state index < -0.39 is 24.3 Å². The lowest BCUT2D eigenvalue weighted by Gasteiger charge is -2.43. The maximum Gasteiger partial charge on any atom is 0.410 e. The Kier molecular flexibility index (Phi) is 12.4. The molecule has 2 saturated heterocycles. The number of ether oxygens (including phenoxy) is 5. The van der Waals surface area contributed by atoms with E-state index in [-0.39, 0.29) is 50.7 Å². The number of alkyl carbamates (subject to hydrolysis) is 1. The topological polar surface area (TPSA) is 102 Å². The van der Waals surface area contributed by atoms with E-state index in [9.17, 15) is 14.0 Å². The molecule has 8 rings (SSSR count). The second kappa shape index (κ2) is 18.5. The molecular weight excluding hydrogens is 752 g/mol. The van der Waals surface area contributed by atoms with Crippen LogP contribution in [0, 0.1) is 5.82 Å². The van der Waals surface area contributed by atoms with Crippen molar-refractivity contribution in [2.24, 2.45) is 0 Å². The SMILES string of the molecule is CN1CCOc2ccc(CO[C@H]3CN(C(=O)OCc4ccccc4)C[C@@H](NC(=O)OCc4ccccc4)[C@@H]3c3ccc(O[C@H]4CCN(c5cccc(F)c5)C4)cc3)cc21. The van der Waals surface area contributed by atoms with Crippen molar-refractivity contribution in [3.05, 3.63) is 155 Å². The number of carbonyl (C=O) groups excluding carboxylic acids is 2. The van der Waals surface area contributed by atoms with Gasteiger partial charge in [-0.05, 0) is 64.7 Å². The summed E-state index contributed by atoms with van der Waals surface area (Å²) >= 11 is 0. The van der Waals surface area contributed by atoms with Gasteiger partial charge in [0.25, 0.3) is 0 Å². The molecule has 0 saturated carbocycles. The van der Waals surface area contributed by atoms with Crippen molar-refractivity contribution in [2.75, 3.05) is 56.2 Å². The second-order valence-electron chi connectivity index (χ2n) is 15.2. The molecule has 0 unspecified atom stereocenters. The van der Waals surface area contributed by atoms with Crippen LogP contribution in [0.2, 0.25) is 0 Å². The van der Waals surface area contributed by atoms with Crippen LogP contribution in [-0.2, 0) is 34.0 Å². The lowest BCUT2D eigenvalue weighted by molar-refractivity contribution is -0.0351. The highest BCUT2D eigenvalue weighted by Gasteiger charge is 2.42. The van der Waals surface area contributed by atoms with Gasteiger partial charge in [-0.2, -0.15) is 0 Å². The zero-order chi connectivity index (χ0) is 40.6. The van der Waals surface area contributed by atoms with Crippen LogP contribution in [0.15, 0.2) is 127 Å². The summed E-state index contributed by atoms with van der Waals surface area (Å²) in [6, 6.07) is 38.9. The quantitative estimate of drug-likeness (QED) is 0.135. The summed E-state index contributed by atoms with van der Waals surface area (Å²) in [6.07, 6.45) is -0.942. The summed E-state index contributed by atoms with van der Waals surface area (Å²) < 4.78 is 44.5. The van der Waals surface area contributed by atoms with Crippen molar-refractivity contribution in [1.29, 1.82) is 0 Å². The summed E-state index contributed by atoms with van der Waals surface area (Å²) in [5, 5.41) is 3.09. The van der Waals surface area contributed by atoms with E-state index >= 15 is 0 Å². The number of nitrogens with one attached hydrogen (secondary N) is 1. The number of anilines is 2. The number of fused-ring (bicyclic) bond motifs is 1. The average molecular weight is 801 g/mol. The Labute approximate surface area is 344 Å². The van der Waals surface area contributed by atoms with Gasteiger partial charge in [-0.3, -0.25) is 0 Å². The third-order valence-corrected chi connectivity index (χ3v) is 11.1. The van der Waals surface area contributed by atoms with Crippen LogP contribution in [0.25, 0.3) is 0 Å². The maximum atomic E-state index is 13.9. The molecule has 2 amide bonds. The Morgan fingerprint density at radius 3 is 2.25 bits per heavy atom. The van der Waals surface area contributed by atoms with E-state index in [0.717, 1.165) is 58.9 Å². The number of likely N-dealkylation sites (tertiary alicyclic amines) is 1. The minimum absolute atomic E-state index is 0.0693. The summed E-state index contributed by atoms with van der Waals surface area (Å²) in [4.78, 5) is 33.2. The molecule has 5 aromatic rings. The number of hydrogen-bond donors (Lipinski definition) is 1. The molecule has 306 valence electrons. The van der Waals surface area contributed by atoms with E-state index in [1.807, 2.05) is 110 Å². The van der Waals surface area contributed by atoms with Crippen molar-refractivity contribution < 1.29 is 37.7 Å². The zero-order valence-corrected chi connectivity index (χ0v) is 33.1. The fourth-order valence-corrected chi connectivity index (χ4v) is 8.01. The zero-order valence-electron chi connectivity index (χ0n) is 33.1. The molecule has 12 heteroatoms. The lowest BCUT2D eigenvalue weighted by atomic mass is 9.83. The average Bonchev–Trinajstić information content (AvgIpc) is 3.74. The second-order valence-corrected chi connectivity index (χ2v) is 15.2. The fourth-order valence-electron chi connectivity index (χ4n) is 8.01. The van der Waals surface area contributed by atoms with Crippen LogP contribution in [-0.4, -0.2) is 81.7 Å². The number of likely N-dealkylation sites (N-methyl/N-ethyl adjacent to an activating group) is 1. The molecule has 11 nitrogen and oxygen atoms in total. The fraction of sp³-hybridized carbons (Fsp3) is 0.319. The molecule has 5 aromatic carbocycles. The molecule has 0 bridgehead atoms. The Bertz CT molecular complexity index is 2180. The summed E-state index contributed by atoms with van der Waals surface area (Å²) in [5.41, 5.74) is 5.40. The normalized spacial score (nSPS) is 20.0. The summed E-state index contributed by atoms with van der Waals surface area (Å²) in [5.74, 6) is 0.878. The van der Waals surface area contributed by atoms with Gasteiger partial charge in [-0.1, -0.05) is 84.9 Å². The number of nitrogens with zero attached hydrogens (tertiary/aromatic N) is 3. The van der Waals surface area contributed by atoms with Crippen LogP contribution in [0.1, 0.15) is 34.6 Å². The molecule has 0 aliphatic carbocycles. The van der Waals surface area contributed by atoms with Gasteiger partial charge < -0.3 is 43.7 Å². The van der Waals surface area contributed by atoms with E-state index in [4.69, 9.17) is 23.7 Å². The Morgan fingerprint density at radius 1 is 0.763 bits per heavy atom. The van der Waals surface area contributed by atoms with Crippen LogP contribution >= 0.6 is 0 Å². The monoisotopic (exact) mass is 800 g/mol. The standard InChI is InChI=1S/C47H49FN4O7/c1-50-23-24-55-43-20-15-35(25-42(43)50)32-56-44-29-52(47(54)58-31-34-11-6-3-7-12-34)28-41(49-46(53)57-30-33-9-4-2-5-10-33)45(44)36-16-18-39(19-17-36)59-40-21-22-51(27-40)38-14-8-13-37(48)26-38/h2-20,25-26,40-41,44-45H,21-24,27-32H2,1H3,(H,49,53)/t40-,41+,44-,45-/m0/s1. The first kappa shape index (κ1) is 39.6. The van der Waals surface area contributed by atoms with E-state index in [1.54, 1.807) is 17.0 Å². The first-order valence-corrected chi connectivity index (χ1v) is 20.1. The number of hydrogen-bond acceptors (Lipinski definition) is 9. The highest BCUT2D eigenvalue weighted by Crippen LogP contribution is 2.36. The van der Waals surface area contributed by atoms with Crippen molar-refractivity contribution in [3.8, 4) is 11.5 Å². The molecule has 0 radical (unpaired) electrons. The van der Waals surface area contributed by atoms with Crippen molar-refractivity contribution in [3.63, 3.8) is 0 Å². The molecule has 2 fully saturated rings. The predicted molar refractivity (Wildman–Crippen MR) is 222 cm³/mol.